The largest absolute Gasteiger partial charge is 0.243 e. The summed E-state index contributed by atoms with van der Waals surface area (Å²) in [4.78, 5) is 9.52. The van der Waals surface area contributed by atoms with Crippen molar-refractivity contribution in [1.82, 2.24) is 9.97 Å². The van der Waals surface area contributed by atoms with Gasteiger partial charge in [-0.25, -0.2) is 9.97 Å². The van der Waals surface area contributed by atoms with E-state index in [-0.39, 0.29) is 5.41 Å². The van der Waals surface area contributed by atoms with E-state index in [1.54, 1.807) is 0 Å². The van der Waals surface area contributed by atoms with Crippen molar-refractivity contribution in [3.63, 3.8) is 0 Å². The Morgan fingerprint density at radius 1 is 0.472 bits per heavy atom. The van der Waals surface area contributed by atoms with Crippen LogP contribution in [0.1, 0.15) is 22.3 Å². The van der Waals surface area contributed by atoms with E-state index >= 15 is 0 Å². The van der Waals surface area contributed by atoms with E-state index in [4.69, 9.17) is 16.6 Å². The van der Waals surface area contributed by atoms with Crippen LogP contribution in [0.3, 0.4) is 0 Å². The van der Waals surface area contributed by atoms with Crippen LogP contribution in [0.25, 0.3) is 44.5 Å². The Bertz CT molecular complexity index is 1820. The van der Waals surface area contributed by atoms with E-state index in [9.17, 15) is 0 Å². The number of aromatic nitrogens is 2. The van der Waals surface area contributed by atoms with Gasteiger partial charge in [0, 0.05) is 5.56 Å². The lowest BCUT2D eigenvalue weighted by Gasteiger charge is -2.30. The molecule has 8 rings (SSSR count). The molecule has 6 aromatic rings. The van der Waals surface area contributed by atoms with Gasteiger partial charge in [0.05, 0.1) is 16.4 Å². The van der Waals surface area contributed by atoms with Crippen LogP contribution < -0.4 is 0 Å². The molecule has 0 aliphatic heterocycles. The third kappa shape index (κ3) is 2.42. The molecule has 2 aliphatic carbocycles. The Morgan fingerprint density at radius 3 is 1.56 bits per heavy atom. The van der Waals surface area contributed by atoms with Crippen molar-refractivity contribution in [3.05, 3.63) is 143 Å². The lowest BCUT2D eigenvalue weighted by atomic mass is 9.70. The number of rotatable bonds is 1. The van der Waals surface area contributed by atoms with Crippen LogP contribution in [-0.4, -0.2) is 9.97 Å². The standard InChI is InChI=1S/C33H19ClN2/c34-32-31(35-29-15-7-8-16-30(29)36-32)20-17-18-28-24(19-20)23-11-3-6-14-27(23)33(28)25-12-4-1-9-21(25)22-10-2-5-13-26(22)33/h1-19H. The van der Waals surface area contributed by atoms with Gasteiger partial charge < -0.3 is 0 Å². The van der Waals surface area contributed by atoms with E-state index in [1.165, 1.54) is 44.5 Å². The van der Waals surface area contributed by atoms with E-state index in [1.807, 2.05) is 24.3 Å². The minimum Gasteiger partial charge on any atom is -0.243 e. The molecule has 0 atom stereocenters. The lowest BCUT2D eigenvalue weighted by molar-refractivity contribution is 0.794. The number of para-hydroxylation sites is 2. The van der Waals surface area contributed by atoms with Gasteiger partial charge >= 0.3 is 0 Å². The summed E-state index contributed by atoms with van der Waals surface area (Å²) in [6, 6.07) is 41.0. The lowest BCUT2D eigenvalue weighted by Crippen LogP contribution is -2.25. The number of halogens is 1. The van der Waals surface area contributed by atoms with Crippen molar-refractivity contribution in [1.29, 1.82) is 0 Å². The molecule has 1 spiro atoms. The highest BCUT2D eigenvalue weighted by molar-refractivity contribution is 6.32. The summed E-state index contributed by atoms with van der Waals surface area (Å²) in [6.07, 6.45) is 0. The summed E-state index contributed by atoms with van der Waals surface area (Å²) < 4.78 is 0. The molecular formula is C33H19ClN2. The third-order valence-corrected chi connectivity index (χ3v) is 8.06. The first-order chi connectivity index (χ1) is 17.8. The molecule has 168 valence electrons. The minimum atomic E-state index is -0.337. The Labute approximate surface area is 213 Å². The Morgan fingerprint density at radius 2 is 0.944 bits per heavy atom. The Kier molecular flexibility index (Phi) is 3.96. The number of nitrogens with zero attached hydrogens (tertiary/aromatic N) is 2. The molecule has 3 heteroatoms. The maximum atomic E-state index is 6.67. The number of hydrogen-bond acceptors (Lipinski definition) is 2. The molecule has 1 heterocycles. The first kappa shape index (κ1) is 20.0. The SMILES string of the molecule is Clc1nc2ccccc2nc1-c1ccc2c(c1)-c1ccccc1C21c2ccccc2-c2ccccc21. The molecule has 0 saturated heterocycles. The Balaban J connectivity index is 1.44. The van der Waals surface area contributed by atoms with E-state index < -0.39 is 0 Å². The summed E-state index contributed by atoms with van der Waals surface area (Å²) in [5, 5.41) is 0.422. The van der Waals surface area contributed by atoms with Gasteiger partial charge in [0.15, 0.2) is 5.15 Å². The zero-order chi connectivity index (χ0) is 23.9. The van der Waals surface area contributed by atoms with Crippen molar-refractivity contribution in [3.8, 4) is 33.5 Å². The molecule has 0 bridgehead atoms. The molecular weight excluding hydrogens is 460 g/mol. The molecule has 0 amide bonds. The van der Waals surface area contributed by atoms with Gasteiger partial charge in [-0.05, 0) is 62.7 Å². The fourth-order valence-corrected chi connectivity index (χ4v) is 6.65. The molecule has 0 radical (unpaired) electrons. The predicted molar refractivity (Wildman–Crippen MR) is 146 cm³/mol. The van der Waals surface area contributed by atoms with E-state index in [0.29, 0.717) is 10.8 Å². The molecule has 5 aromatic carbocycles. The highest BCUT2D eigenvalue weighted by atomic mass is 35.5. The number of benzene rings is 5. The van der Waals surface area contributed by atoms with Crippen molar-refractivity contribution in [2.75, 3.05) is 0 Å². The molecule has 2 nitrogen and oxygen atoms in total. The number of hydrogen-bond donors (Lipinski definition) is 0. The van der Waals surface area contributed by atoms with Crippen molar-refractivity contribution in [2.24, 2.45) is 0 Å². The van der Waals surface area contributed by atoms with Gasteiger partial charge in [0.25, 0.3) is 0 Å². The highest BCUT2D eigenvalue weighted by Gasteiger charge is 2.51. The highest BCUT2D eigenvalue weighted by Crippen LogP contribution is 2.62. The van der Waals surface area contributed by atoms with Crippen molar-refractivity contribution < 1.29 is 0 Å². The van der Waals surface area contributed by atoms with E-state index in [0.717, 1.165) is 16.6 Å². The van der Waals surface area contributed by atoms with Crippen molar-refractivity contribution in [2.45, 2.75) is 5.41 Å². The summed E-state index contributed by atoms with van der Waals surface area (Å²) in [6.45, 7) is 0. The zero-order valence-electron chi connectivity index (χ0n) is 19.2. The van der Waals surface area contributed by atoms with Gasteiger partial charge in [0.2, 0.25) is 0 Å². The van der Waals surface area contributed by atoms with Gasteiger partial charge in [-0.3, -0.25) is 0 Å². The Hall–Kier alpha value is -4.27. The fourth-order valence-electron chi connectivity index (χ4n) is 6.41. The molecule has 2 aliphatic rings. The molecule has 0 N–H and O–H groups in total. The second-order valence-electron chi connectivity index (χ2n) is 9.50. The first-order valence-electron chi connectivity index (χ1n) is 12.1. The summed E-state index contributed by atoms with van der Waals surface area (Å²) in [5.41, 5.74) is 13.4. The minimum absolute atomic E-state index is 0.337. The van der Waals surface area contributed by atoms with Crippen LogP contribution in [0.15, 0.2) is 115 Å². The molecule has 0 unspecified atom stereocenters. The maximum Gasteiger partial charge on any atom is 0.156 e. The van der Waals surface area contributed by atoms with Gasteiger partial charge in [-0.1, -0.05) is 109 Å². The molecule has 36 heavy (non-hydrogen) atoms. The van der Waals surface area contributed by atoms with Crippen molar-refractivity contribution >= 4 is 22.6 Å². The quantitative estimate of drug-likeness (QED) is 0.237. The van der Waals surface area contributed by atoms with Crippen LogP contribution in [-0.2, 0) is 5.41 Å². The third-order valence-electron chi connectivity index (χ3n) is 7.80. The second kappa shape index (κ2) is 7.13. The summed E-state index contributed by atoms with van der Waals surface area (Å²) in [5.74, 6) is 0. The topological polar surface area (TPSA) is 25.8 Å². The monoisotopic (exact) mass is 478 g/mol. The van der Waals surface area contributed by atoms with Crippen LogP contribution in [0.5, 0.6) is 0 Å². The van der Waals surface area contributed by atoms with Gasteiger partial charge in [0.1, 0.15) is 5.69 Å². The van der Waals surface area contributed by atoms with E-state index in [2.05, 4.69) is 96.0 Å². The smallest absolute Gasteiger partial charge is 0.156 e. The average molecular weight is 479 g/mol. The number of fused-ring (bicyclic) bond motifs is 11. The molecule has 0 saturated carbocycles. The summed E-state index contributed by atoms with van der Waals surface area (Å²) in [7, 11) is 0. The normalized spacial score (nSPS) is 13.9. The van der Waals surface area contributed by atoms with Crippen LogP contribution in [0.2, 0.25) is 5.15 Å². The molecule has 1 aromatic heterocycles. The summed E-state index contributed by atoms with van der Waals surface area (Å²) >= 11 is 6.67. The van der Waals surface area contributed by atoms with Gasteiger partial charge in [-0.15, -0.1) is 0 Å². The average Bonchev–Trinajstić information content (AvgIpc) is 3.40. The maximum absolute atomic E-state index is 6.67. The first-order valence-corrected chi connectivity index (χ1v) is 12.5. The van der Waals surface area contributed by atoms with Crippen LogP contribution in [0.4, 0.5) is 0 Å². The van der Waals surface area contributed by atoms with Crippen LogP contribution >= 0.6 is 11.6 Å². The van der Waals surface area contributed by atoms with Gasteiger partial charge in [-0.2, -0.15) is 0 Å². The fraction of sp³-hybridized carbons (Fsp3) is 0.0303. The predicted octanol–water partition coefficient (Wildman–Crippen LogP) is 8.29. The van der Waals surface area contributed by atoms with Crippen LogP contribution in [0, 0.1) is 0 Å². The second-order valence-corrected chi connectivity index (χ2v) is 9.86. The molecule has 0 fully saturated rings. The zero-order valence-corrected chi connectivity index (χ0v) is 20.0.